The van der Waals surface area contributed by atoms with Gasteiger partial charge < -0.3 is 19.4 Å². The van der Waals surface area contributed by atoms with E-state index in [1.165, 1.54) is 37.1 Å². The van der Waals surface area contributed by atoms with E-state index in [0.717, 1.165) is 5.56 Å². The zero-order valence-corrected chi connectivity index (χ0v) is 19.7. The van der Waals surface area contributed by atoms with E-state index >= 15 is 0 Å². The molecule has 34 heavy (non-hydrogen) atoms. The van der Waals surface area contributed by atoms with Gasteiger partial charge in [-0.05, 0) is 29.8 Å². The van der Waals surface area contributed by atoms with Crippen LogP contribution in [-0.2, 0) is 20.9 Å². The molecule has 1 saturated heterocycles. The number of anilines is 1. The zero-order valence-electron chi connectivity index (χ0n) is 18.9. The molecule has 3 rings (SSSR count). The van der Waals surface area contributed by atoms with Crippen LogP contribution in [0.3, 0.4) is 0 Å². The third kappa shape index (κ3) is 6.02. The highest BCUT2D eigenvalue weighted by Gasteiger charge is 2.27. The molecule has 1 heterocycles. The molecule has 0 aliphatic carbocycles. The molecule has 0 aromatic heterocycles. The number of rotatable bonds is 7. The largest absolute Gasteiger partial charge is 0.468 e. The molecule has 10 nitrogen and oxygen atoms in total. The van der Waals surface area contributed by atoms with E-state index in [9.17, 15) is 24.5 Å². The second-order valence-electron chi connectivity index (χ2n) is 7.82. The van der Waals surface area contributed by atoms with Crippen LogP contribution in [-0.4, -0.2) is 72.3 Å². The van der Waals surface area contributed by atoms with Crippen LogP contribution in [0.2, 0.25) is 5.02 Å². The average molecular weight is 489 g/mol. The van der Waals surface area contributed by atoms with Gasteiger partial charge in [0, 0.05) is 56.3 Å². The van der Waals surface area contributed by atoms with E-state index in [4.69, 9.17) is 16.3 Å². The number of nitro groups is 1. The van der Waals surface area contributed by atoms with E-state index in [2.05, 4.69) is 0 Å². The number of benzene rings is 2. The summed E-state index contributed by atoms with van der Waals surface area (Å²) in [5, 5.41) is 12.4. The molecule has 2 aromatic carbocycles. The molecule has 1 fully saturated rings. The number of hydrogen-bond acceptors (Lipinski definition) is 7. The highest BCUT2D eigenvalue weighted by atomic mass is 35.5. The number of hydrogen-bond donors (Lipinski definition) is 0. The van der Waals surface area contributed by atoms with Crippen LogP contribution < -0.4 is 4.90 Å². The molecule has 0 atom stereocenters. The minimum atomic E-state index is -0.614. The van der Waals surface area contributed by atoms with Gasteiger partial charge in [0.1, 0.15) is 12.2 Å². The summed E-state index contributed by atoms with van der Waals surface area (Å²) < 4.78 is 4.71. The van der Waals surface area contributed by atoms with Gasteiger partial charge in [-0.3, -0.25) is 24.5 Å². The predicted octanol–water partition coefficient (Wildman–Crippen LogP) is 2.73. The number of carbonyl (C=O) groups is 3. The van der Waals surface area contributed by atoms with Crippen LogP contribution in [0.25, 0.3) is 0 Å². The van der Waals surface area contributed by atoms with Crippen molar-refractivity contribution in [3.05, 3.63) is 68.7 Å². The third-order valence-electron chi connectivity index (χ3n) is 5.61. The molecule has 0 N–H and O–H groups in total. The van der Waals surface area contributed by atoms with E-state index in [1.54, 1.807) is 29.2 Å². The van der Waals surface area contributed by atoms with Crippen LogP contribution >= 0.6 is 11.6 Å². The molecule has 0 saturated carbocycles. The highest BCUT2D eigenvalue weighted by molar-refractivity contribution is 6.30. The Labute approximate surface area is 201 Å². The normalized spacial score (nSPS) is 13.4. The molecular formula is C23H25ClN4O6. The molecule has 2 amide bonds. The van der Waals surface area contributed by atoms with Crippen molar-refractivity contribution in [3.63, 3.8) is 0 Å². The number of carbonyl (C=O) groups excluding carboxylic acids is 3. The fourth-order valence-electron chi connectivity index (χ4n) is 3.75. The Morgan fingerprint density at radius 1 is 1.09 bits per heavy atom. The SMILES string of the molecule is COC(=O)CN(Cc1ccc(Cl)cc1)C(=O)c1ccc(N2CCN(C(C)=O)CC2)c([N+](=O)[O-])c1. The van der Waals surface area contributed by atoms with E-state index in [-0.39, 0.29) is 30.2 Å². The van der Waals surface area contributed by atoms with Crippen LogP contribution in [0.15, 0.2) is 42.5 Å². The summed E-state index contributed by atoms with van der Waals surface area (Å²) in [5.74, 6) is -1.20. The van der Waals surface area contributed by atoms with Crippen molar-refractivity contribution >= 4 is 40.8 Å². The van der Waals surface area contributed by atoms with Gasteiger partial charge in [0.05, 0.1) is 12.0 Å². The summed E-state index contributed by atoms with van der Waals surface area (Å²) in [4.78, 5) is 52.8. The molecular weight excluding hydrogens is 464 g/mol. The number of methoxy groups -OCH3 is 1. The standard InChI is InChI=1S/C23H25ClN4O6/c1-16(29)25-9-11-26(12-10-25)20-8-5-18(13-21(20)28(32)33)23(31)27(15-22(30)34-2)14-17-3-6-19(24)7-4-17/h3-8,13H,9-12,14-15H2,1-2H3. The first-order valence-electron chi connectivity index (χ1n) is 10.6. The van der Waals surface area contributed by atoms with Crippen molar-refractivity contribution < 1.29 is 24.0 Å². The molecule has 11 heteroatoms. The van der Waals surface area contributed by atoms with E-state index in [0.29, 0.717) is 36.9 Å². The lowest BCUT2D eigenvalue weighted by atomic mass is 10.1. The first-order valence-corrected chi connectivity index (χ1v) is 11.0. The lowest BCUT2D eigenvalue weighted by Crippen LogP contribution is -2.48. The molecule has 180 valence electrons. The Bertz CT molecular complexity index is 1080. The van der Waals surface area contributed by atoms with Crippen molar-refractivity contribution in [3.8, 4) is 0 Å². The van der Waals surface area contributed by atoms with Crippen LogP contribution in [0.5, 0.6) is 0 Å². The summed E-state index contributed by atoms with van der Waals surface area (Å²) in [5.41, 5.74) is 0.973. The number of halogens is 1. The summed E-state index contributed by atoms with van der Waals surface area (Å²) in [7, 11) is 1.22. The smallest absolute Gasteiger partial charge is 0.325 e. The van der Waals surface area contributed by atoms with Crippen molar-refractivity contribution in [1.82, 2.24) is 9.80 Å². The van der Waals surface area contributed by atoms with E-state index in [1.807, 2.05) is 4.90 Å². The lowest BCUT2D eigenvalue weighted by molar-refractivity contribution is -0.384. The first kappa shape index (κ1) is 25.0. The zero-order chi connectivity index (χ0) is 24.8. The number of amides is 2. The minimum Gasteiger partial charge on any atom is -0.468 e. The molecule has 0 unspecified atom stereocenters. The van der Waals surface area contributed by atoms with Gasteiger partial charge >= 0.3 is 5.97 Å². The average Bonchev–Trinajstić information content (AvgIpc) is 2.84. The number of piperazine rings is 1. The van der Waals surface area contributed by atoms with Gasteiger partial charge in [0.15, 0.2) is 0 Å². The Balaban J connectivity index is 1.86. The third-order valence-corrected chi connectivity index (χ3v) is 5.86. The summed E-state index contributed by atoms with van der Waals surface area (Å²) in [6.45, 7) is 3.07. The topological polar surface area (TPSA) is 113 Å². The number of ether oxygens (including phenoxy) is 1. The van der Waals surface area contributed by atoms with Gasteiger partial charge in [0.25, 0.3) is 11.6 Å². The maximum absolute atomic E-state index is 13.3. The molecule has 0 radical (unpaired) electrons. The van der Waals surface area contributed by atoms with Crippen molar-refractivity contribution in [2.45, 2.75) is 13.5 Å². The summed E-state index contributed by atoms with van der Waals surface area (Å²) in [6, 6.07) is 11.1. The Morgan fingerprint density at radius 3 is 2.29 bits per heavy atom. The van der Waals surface area contributed by atoms with E-state index < -0.39 is 16.8 Å². The lowest BCUT2D eigenvalue weighted by Gasteiger charge is -2.35. The second kappa shape index (κ2) is 11.0. The molecule has 1 aliphatic rings. The Hall–Kier alpha value is -3.66. The number of nitro benzene ring substituents is 1. The molecule has 2 aromatic rings. The van der Waals surface area contributed by atoms with Crippen molar-refractivity contribution in [2.24, 2.45) is 0 Å². The fraction of sp³-hybridized carbons (Fsp3) is 0.348. The first-order chi connectivity index (χ1) is 16.2. The quantitative estimate of drug-likeness (QED) is 0.334. The second-order valence-corrected chi connectivity index (χ2v) is 8.25. The molecule has 0 spiro atoms. The number of esters is 1. The van der Waals surface area contributed by atoms with Crippen LogP contribution in [0.1, 0.15) is 22.8 Å². The van der Waals surface area contributed by atoms with Gasteiger partial charge in [-0.15, -0.1) is 0 Å². The number of nitrogens with zero attached hydrogens (tertiary/aromatic N) is 4. The van der Waals surface area contributed by atoms with Gasteiger partial charge in [-0.25, -0.2) is 0 Å². The Kier molecular flexibility index (Phi) is 8.06. The van der Waals surface area contributed by atoms with Gasteiger partial charge in [-0.1, -0.05) is 23.7 Å². The van der Waals surface area contributed by atoms with Crippen LogP contribution in [0.4, 0.5) is 11.4 Å². The fourth-order valence-corrected chi connectivity index (χ4v) is 3.87. The van der Waals surface area contributed by atoms with Crippen molar-refractivity contribution in [1.29, 1.82) is 0 Å². The minimum absolute atomic E-state index is 0.0403. The Morgan fingerprint density at radius 2 is 1.74 bits per heavy atom. The van der Waals surface area contributed by atoms with Crippen LogP contribution in [0, 0.1) is 10.1 Å². The van der Waals surface area contributed by atoms with Gasteiger partial charge in [0.2, 0.25) is 5.91 Å². The molecule has 0 bridgehead atoms. The molecule has 1 aliphatic heterocycles. The summed E-state index contributed by atoms with van der Waals surface area (Å²) in [6.07, 6.45) is 0. The highest BCUT2D eigenvalue weighted by Crippen LogP contribution is 2.31. The van der Waals surface area contributed by atoms with Crippen molar-refractivity contribution in [2.75, 3.05) is 44.7 Å². The van der Waals surface area contributed by atoms with Gasteiger partial charge in [-0.2, -0.15) is 0 Å². The predicted molar refractivity (Wildman–Crippen MR) is 126 cm³/mol. The monoisotopic (exact) mass is 488 g/mol. The maximum Gasteiger partial charge on any atom is 0.325 e. The maximum atomic E-state index is 13.3. The summed E-state index contributed by atoms with van der Waals surface area (Å²) >= 11 is 5.92.